The molecule has 0 unspecified atom stereocenters. The SMILES string of the molecule is CC1(C(=O)N2CCN(C(=O)c3cccc(Cl)c3)CC2)CNC1. The van der Waals surface area contributed by atoms with Crippen molar-refractivity contribution in [2.24, 2.45) is 5.41 Å². The largest absolute Gasteiger partial charge is 0.339 e. The summed E-state index contributed by atoms with van der Waals surface area (Å²) in [6, 6.07) is 6.98. The first-order chi connectivity index (χ1) is 10.5. The van der Waals surface area contributed by atoms with Gasteiger partial charge >= 0.3 is 0 Å². The van der Waals surface area contributed by atoms with Crippen LogP contribution in [-0.2, 0) is 4.79 Å². The van der Waals surface area contributed by atoms with E-state index in [4.69, 9.17) is 11.6 Å². The monoisotopic (exact) mass is 321 g/mol. The Morgan fingerprint density at radius 3 is 2.32 bits per heavy atom. The van der Waals surface area contributed by atoms with Crippen molar-refractivity contribution in [2.45, 2.75) is 6.92 Å². The highest BCUT2D eigenvalue weighted by molar-refractivity contribution is 6.30. The standard InChI is InChI=1S/C16H20ClN3O2/c1-16(10-18-11-16)15(22)20-7-5-19(6-8-20)14(21)12-3-2-4-13(17)9-12/h2-4,9,18H,5-8,10-11H2,1H3. The molecular formula is C16H20ClN3O2. The number of carbonyl (C=O) groups is 2. The van der Waals surface area contributed by atoms with E-state index in [0.29, 0.717) is 36.8 Å². The number of nitrogens with one attached hydrogen (secondary N) is 1. The molecule has 2 aliphatic rings. The van der Waals surface area contributed by atoms with Crippen molar-refractivity contribution < 1.29 is 9.59 Å². The highest BCUT2D eigenvalue weighted by atomic mass is 35.5. The van der Waals surface area contributed by atoms with E-state index >= 15 is 0 Å². The predicted molar refractivity (Wildman–Crippen MR) is 84.9 cm³/mol. The minimum absolute atomic E-state index is 0.0221. The first kappa shape index (κ1) is 15.3. The Balaban J connectivity index is 1.60. The van der Waals surface area contributed by atoms with Crippen LogP contribution in [0.1, 0.15) is 17.3 Å². The summed E-state index contributed by atoms with van der Waals surface area (Å²) in [6.07, 6.45) is 0. The van der Waals surface area contributed by atoms with Crippen molar-refractivity contribution in [1.29, 1.82) is 0 Å². The lowest BCUT2D eigenvalue weighted by molar-refractivity contribution is -0.145. The van der Waals surface area contributed by atoms with Crippen LogP contribution >= 0.6 is 11.6 Å². The number of amides is 2. The maximum Gasteiger partial charge on any atom is 0.254 e. The summed E-state index contributed by atoms with van der Waals surface area (Å²) in [5, 5.41) is 3.71. The molecule has 118 valence electrons. The third-order valence-electron chi connectivity index (χ3n) is 4.47. The Morgan fingerprint density at radius 1 is 1.14 bits per heavy atom. The van der Waals surface area contributed by atoms with Crippen LogP contribution in [-0.4, -0.2) is 60.9 Å². The van der Waals surface area contributed by atoms with E-state index < -0.39 is 0 Å². The molecule has 6 heteroatoms. The highest BCUT2D eigenvalue weighted by Crippen LogP contribution is 2.25. The molecule has 2 heterocycles. The van der Waals surface area contributed by atoms with Crippen LogP contribution < -0.4 is 5.32 Å². The Hall–Kier alpha value is -1.59. The summed E-state index contributed by atoms with van der Waals surface area (Å²) in [4.78, 5) is 28.6. The number of hydrogen-bond acceptors (Lipinski definition) is 3. The first-order valence-corrected chi connectivity index (χ1v) is 7.92. The zero-order valence-corrected chi connectivity index (χ0v) is 13.4. The third kappa shape index (κ3) is 2.83. The number of rotatable bonds is 2. The molecule has 2 amide bonds. The summed E-state index contributed by atoms with van der Waals surface area (Å²) in [5.41, 5.74) is 0.335. The summed E-state index contributed by atoms with van der Waals surface area (Å²) in [7, 11) is 0. The zero-order valence-electron chi connectivity index (χ0n) is 12.6. The molecule has 0 radical (unpaired) electrons. The van der Waals surface area contributed by atoms with Crippen molar-refractivity contribution in [1.82, 2.24) is 15.1 Å². The van der Waals surface area contributed by atoms with E-state index in [0.717, 1.165) is 13.1 Å². The average Bonchev–Trinajstić information content (AvgIpc) is 2.51. The van der Waals surface area contributed by atoms with Crippen molar-refractivity contribution in [3.63, 3.8) is 0 Å². The molecule has 1 aromatic carbocycles. The van der Waals surface area contributed by atoms with E-state index in [1.807, 2.05) is 11.8 Å². The van der Waals surface area contributed by atoms with Crippen molar-refractivity contribution in [3.8, 4) is 0 Å². The molecular weight excluding hydrogens is 302 g/mol. The quantitative estimate of drug-likeness (QED) is 0.891. The molecule has 0 aliphatic carbocycles. The van der Waals surface area contributed by atoms with Crippen LogP contribution in [0.5, 0.6) is 0 Å². The second-order valence-electron chi connectivity index (χ2n) is 6.26. The highest BCUT2D eigenvalue weighted by Gasteiger charge is 2.42. The van der Waals surface area contributed by atoms with E-state index in [1.165, 1.54) is 0 Å². The summed E-state index contributed by atoms with van der Waals surface area (Å²) >= 11 is 5.94. The molecule has 22 heavy (non-hydrogen) atoms. The van der Waals surface area contributed by atoms with Gasteiger partial charge in [0.1, 0.15) is 0 Å². The number of carbonyl (C=O) groups excluding carboxylic acids is 2. The topological polar surface area (TPSA) is 52.7 Å². The van der Waals surface area contributed by atoms with E-state index in [2.05, 4.69) is 5.32 Å². The van der Waals surface area contributed by atoms with Gasteiger partial charge in [0, 0.05) is 49.9 Å². The summed E-state index contributed by atoms with van der Waals surface area (Å²) < 4.78 is 0. The van der Waals surface area contributed by atoms with Gasteiger partial charge in [0.25, 0.3) is 5.91 Å². The van der Waals surface area contributed by atoms with Crippen molar-refractivity contribution in [3.05, 3.63) is 34.9 Å². The smallest absolute Gasteiger partial charge is 0.254 e. The Labute approximate surface area is 135 Å². The Kier molecular flexibility index (Phi) is 4.10. The zero-order chi connectivity index (χ0) is 15.7. The molecule has 0 spiro atoms. The molecule has 0 bridgehead atoms. The molecule has 0 atom stereocenters. The van der Waals surface area contributed by atoms with Gasteiger partial charge in [0.2, 0.25) is 5.91 Å². The van der Waals surface area contributed by atoms with Crippen LogP contribution in [0.3, 0.4) is 0 Å². The Bertz CT molecular complexity index is 593. The van der Waals surface area contributed by atoms with Gasteiger partial charge in [-0.15, -0.1) is 0 Å². The molecule has 2 fully saturated rings. The number of halogens is 1. The minimum atomic E-state index is -0.265. The van der Waals surface area contributed by atoms with Crippen LogP contribution in [0.25, 0.3) is 0 Å². The fraction of sp³-hybridized carbons (Fsp3) is 0.500. The first-order valence-electron chi connectivity index (χ1n) is 7.54. The molecule has 2 saturated heterocycles. The number of hydrogen-bond donors (Lipinski definition) is 1. The molecule has 3 rings (SSSR count). The van der Waals surface area contributed by atoms with Crippen molar-refractivity contribution >= 4 is 23.4 Å². The van der Waals surface area contributed by atoms with Gasteiger partial charge in [-0.2, -0.15) is 0 Å². The lowest BCUT2D eigenvalue weighted by Gasteiger charge is -2.44. The normalized spacial score (nSPS) is 20.5. The summed E-state index contributed by atoms with van der Waals surface area (Å²) in [6.45, 7) is 5.82. The predicted octanol–water partition coefficient (Wildman–Crippen LogP) is 1.23. The lowest BCUT2D eigenvalue weighted by Crippen LogP contribution is -2.63. The van der Waals surface area contributed by atoms with Crippen LogP contribution in [0.4, 0.5) is 0 Å². The number of benzene rings is 1. The third-order valence-corrected chi connectivity index (χ3v) is 4.71. The number of piperazine rings is 1. The molecule has 2 aliphatic heterocycles. The lowest BCUT2D eigenvalue weighted by atomic mass is 9.82. The van der Waals surface area contributed by atoms with Crippen LogP contribution in [0.15, 0.2) is 24.3 Å². The second-order valence-corrected chi connectivity index (χ2v) is 6.70. The minimum Gasteiger partial charge on any atom is -0.339 e. The van der Waals surface area contributed by atoms with Gasteiger partial charge < -0.3 is 15.1 Å². The van der Waals surface area contributed by atoms with Gasteiger partial charge in [-0.3, -0.25) is 9.59 Å². The van der Waals surface area contributed by atoms with Gasteiger partial charge in [0.15, 0.2) is 0 Å². The summed E-state index contributed by atoms with van der Waals surface area (Å²) in [5.74, 6) is 0.173. The number of nitrogens with zero attached hydrogens (tertiary/aromatic N) is 2. The average molecular weight is 322 g/mol. The van der Waals surface area contributed by atoms with E-state index in [-0.39, 0.29) is 17.2 Å². The van der Waals surface area contributed by atoms with Gasteiger partial charge in [-0.25, -0.2) is 0 Å². The van der Waals surface area contributed by atoms with Crippen LogP contribution in [0.2, 0.25) is 5.02 Å². The molecule has 1 N–H and O–H groups in total. The van der Waals surface area contributed by atoms with Crippen LogP contribution in [0, 0.1) is 5.41 Å². The maximum absolute atomic E-state index is 12.5. The second kappa shape index (κ2) is 5.89. The van der Waals surface area contributed by atoms with Gasteiger partial charge in [-0.1, -0.05) is 17.7 Å². The molecule has 0 aromatic heterocycles. The molecule has 5 nitrogen and oxygen atoms in total. The molecule has 1 aromatic rings. The van der Waals surface area contributed by atoms with Gasteiger partial charge in [0.05, 0.1) is 5.41 Å². The fourth-order valence-electron chi connectivity index (χ4n) is 2.95. The van der Waals surface area contributed by atoms with Crippen molar-refractivity contribution in [2.75, 3.05) is 39.3 Å². The molecule has 0 saturated carbocycles. The van der Waals surface area contributed by atoms with E-state index in [1.54, 1.807) is 29.2 Å². The maximum atomic E-state index is 12.5. The van der Waals surface area contributed by atoms with Gasteiger partial charge in [-0.05, 0) is 25.1 Å². The van der Waals surface area contributed by atoms with E-state index in [9.17, 15) is 9.59 Å². The Morgan fingerprint density at radius 2 is 1.77 bits per heavy atom. The fourth-order valence-corrected chi connectivity index (χ4v) is 3.14.